The largest absolute Gasteiger partial charge is 0.480 e. The molecule has 0 aliphatic heterocycles. The van der Waals surface area contributed by atoms with Crippen LogP contribution in [0, 0.1) is 12.8 Å². The van der Waals surface area contributed by atoms with Gasteiger partial charge in [-0.25, -0.2) is 4.79 Å². The van der Waals surface area contributed by atoms with Crippen molar-refractivity contribution in [3.05, 3.63) is 23.7 Å². The van der Waals surface area contributed by atoms with Crippen molar-refractivity contribution in [2.45, 2.75) is 26.8 Å². The van der Waals surface area contributed by atoms with Gasteiger partial charge in [0.05, 0.1) is 0 Å². The molecule has 1 atom stereocenters. The molecule has 0 fully saturated rings. The minimum Gasteiger partial charge on any atom is -0.480 e. The zero-order valence-corrected chi connectivity index (χ0v) is 10.4. The molecule has 1 amide bonds. The fourth-order valence-corrected chi connectivity index (χ4v) is 1.75. The van der Waals surface area contributed by atoms with E-state index in [0.29, 0.717) is 5.76 Å². The summed E-state index contributed by atoms with van der Waals surface area (Å²) in [5.41, 5.74) is 0. The van der Waals surface area contributed by atoms with E-state index in [1.54, 1.807) is 32.9 Å². The lowest BCUT2D eigenvalue weighted by Crippen LogP contribution is -2.45. The number of hydrogen-bond donors (Lipinski definition) is 1. The van der Waals surface area contributed by atoms with Gasteiger partial charge in [-0.2, -0.15) is 0 Å². The van der Waals surface area contributed by atoms with Gasteiger partial charge in [0, 0.05) is 7.05 Å². The van der Waals surface area contributed by atoms with Crippen LogP contribution in [0.3, 0.4) is 0 Å². The van der Waals surface area contributed by atoms with E-state index in [-0.39, 0.29) is 11.7 Å². The average molecular weight is 239 g/mol. The van der Waals surface area contributed by atoms with Gasteiger partial charge in [-0.15, -0.1) is 0 Å². The van der Waals surface area contributed by atoms with E-state index in [1.807, 2.05) is 0 Å². The number of likely N-dealkylation sites (N-methyl/N-ethyl adjacent to an activating group) is 1. The molecule has 5 heteroatoms. The fourth-order valence-electron chi connectivity index (χ4n) is 1.75. The Hall–Kier alpha value is -1.78. The lowest BCUT2D eigenvalue weighted by atomic mass is 10.0. The maximum atomic E-state index is 12.0. The first-order valence-corrected chi connectivity index (χ1v) is 5.41. The number of carbonyl (C=O) groups is 2. The molecule has 0 saturated heterocycles. The van der Waals surface area contributed by atoms with Gasteiger partial charge in [0.25, 0.3) is 5.91 Å². The number of amides is 1. The number of carboxylic acid groups (broad SMARTS) is 1. The SMILES string of the molecule is Cc1ccc(C(=O)N(C)C(C(=O)O)C(C)C)o1. The lowest BCUT2D eigenvalue weighted by Gasteiger charge is -2.26. The van der Waals surface area contributed by atoms with Crippen molar-refractivity contribution >= 4 is 11.9 Å². The molecule has 0 aliphatic rings. The van der Waals surface area contributed by atoms with Crippen LogP contribution in [0.2, 0.25) is 0 Å². The summed E-state index contributed by atoms with van der Waals surface area (Å²) in [5.74, 6) is -0.814. The van der Waals surface area contributed by atoms with Crippen molar-refractivity contribution in [3.8, 4) is 0 Å². The van der Waals surface area contributed by atoms with E-state index in [4.69, 9.17) is 9.52 Å². The van der Waals surface area contributed by atoms with Crippen molar-refractivity contribution in [2.24, 2.45) is 5.92 Å². The molecule has 1 N–H and O–H groups in total. The quantitative estimate of drug-likeness (QED) is 0.869. The van der Waals surface area contributed by atoms with Gasteiger partial charge in [-0.05, 0) is 25.0 Å². The molecule has 1 heterocycles. The summed E-state index contributed by atoms with van der Waals surface area (Å²) in [4.78, 5) is 24.3. The van der Waals surface area contributed by atoms with Crippen molar-refractivity contribution in [3.63, 3.8) is 0 Å². The number of rotatable bonds is 4. The maximum Gasteiger partial charge on any atom is 0.326 e. The summed E-state index contributed by atoms with van der Waals surface area (Å²) in [6, 6.07) is 2.37. The molecular formula is C12H17NO4. The van der Waals surface area contributed by atoms with Crippen LogP contribution in [0.4, 0.5) is 0 Å². The van der Waals surface area contributed by atoms with Gasteiger partial charge in [-0.3, -0.25) is 4.79 Å². The molecule has 1 aromatic heterocycles. The second-order valence-corrected chi connectivity index (χ2v) is 4.35. The summed E-state index contributed by atoms with van der Waals surface area (Å²) in [7, 11) is 1.47. The zero-order valence-electron chi connectivity index (χ0n) is 10.4. The van der Waals surface area contributed by atoms with E-state index >= 15 is 0 Å². The van der Waals surface area contributed by atoms with Gasteiger partial charge in [0.1, 0.15) is 11.8 Å². The molecule has 5 nitrogen and oxygen atoms in total. The van der Waals surface area contributed by atoms with Crippen molar-refractivity contribution in [2.75, 3.05) is 7.05 Å². The second kappa shape index (κ2) is 5.03. The Morgan fingerprint density at radius 1 is 1.35 bits per heavy atom. The standard InChI is InChI=1S/C12H17NO4/c1-7(2)10(12(15)16)13(4)11(14)9-6-5-8(3)17-9/h5-7,10H,1-4H3,(H,15,16). The van der Waals surface area contributed by atoms with Gasteiger partial charge < -0.3 is 14.4 Å². The predicted octanol–water partition coefficient (Wildman–Crippen LogP) is 1.77. The van der Waals surface area contributed by atoms with E-state index in [9.17, 15) is 9.59 Å². The first-order chi connectivity index (χ1) is 7.84. The van der Waals surface area contributed by atoms with Crippen LogP contribution in [0.15, 0.2) is 16.5 Å². The van der Waals surface area contributed by atoms with E-state index in [1.165, 1.54) is 11.9 Å². The van der Waals surface area contributed by atoms with Crippen LogP contribution in [-0.4, -0.2) is 35.0 Å². The van der Waals surface area contributed by atoms with Gasteiger partial charge in [0.15, 0.2) is 5.76 Å². The van der Waals surface area contributed by atoms with Crippen LogP contribution in [0.5, 0.6) is 0 Å². The number of aryl methyl sites for hydroxylation is 1. The zero-order chi connectivity index (χ0) is 13.2. The molecule has 1 rings (SSSR count). The molecule has 17 heavy (non-hydrogen) atoms. The van der Waals surface area contributed by atoms with Gasteiger partial charge in [0.2, 0.25) is 0 Å². The number of hydrogen-bond acceptors (Lipinski definition) is 3. The monoisotopic (exact) mass is 239 g/mol. The lowest BCUT2D eigenvalue weighted by molar-refractivity contribution is -0.143. The molecule has 0 aliphatic carbocycles. The number of furan rings is 1. The van der Waals surface area contributed by atoms with Crippen LogP contribution in [0.1, 0.15) is 30.2 Å². The molecule has 94 valence electrons. The normalized spacial score (nSPS) is 12.5. The fraction of sp³-hybridized carbons (Fsp3) is 0.500. The molecule has 0 spiro atoms. The Labute approximate surface area is 100 Å². The second-order valence-electron chi connectivity index (χ2n) is 4.35. The predicted molar refractivity (Wildman–Crippen MR) is 61.8 cm³/mol. The minimum absolute atomic E-state index is 0.164. The summed E-state index contributed by atoms with van der Waals surface area (Å²) in [6.45, 7) is 5.25. The van der Waals surface area contributed by atoms with Gasteiger partial charge in [-0.1, -0.05) is 13.8 Å². The maximum absolute atomic E-state index is 12.0. The van der Waals surface area contributed by atoms with Gasteiger partial charge >= 0.3 is 5.97 Å². The number of aliphatic carboxylic acids is 1. The van der Waals surface area contributed by atoms with Crippen molar-refractivity contribution < 1.29 is 19.1 Å². The van der Waals surface area contributed by atoms with Crippen molar-refractivity contribution in [1.82, 2.24) is 4.90 Å². The molecule has 1 unspecified atom stereocenters. The van der Waals surface area contributed by atoms with Crippen LogP contribution in [0.25, 0.3) is 0 Å². The molecular weight excluding hydrogens is 222 g/mol. The summed E-state index contributed by atoms with van der Waals surface area (Å²) >= 11 is 0. The molecule has 0 aromatic carbocycles. The smallest absolute Gasteiger partial charge is 0.326 e. The number of carbonyl (C=O) groups excluding carboxylic acids is 1. The Morgan fingerprint density at radius 3 is 2.29 bits per heavy atom. The minimum atomic E-state index is -1.01. The highest BCUT2D eigenvalue weighted by atomic mass is 16.4. The molecule has 0 bridgehead atoms. The van der Waals surface area contributed by atoms with E-state index in [0.717, 1.165) is 0 Å². The third-order valence-corrected chi connectivity index (χ3v) is 2.57. The summed E-state index contributed by atoms with van der Waals surface area (Å²) < 4.78 is 5.19. The van der Waals surface area contributed by atoms with Crippen LogP contribution < -0.4 is 0 Å². The van der Waals surface area contributed by atoms with Crippen LogP contribution >= 0.6 is 0 Å². The first-order valence-electron chi connectivity index (χ1n) is 5.41. The highest BCUT2D eigenvalue weighted by Gasteiger charge is 2.31. The van der Waals surface area contributed by atoms with E-state index in [2.05, 4.69) is 0 Å². The molecule has 0 radical (unpaired) electrons. The average Bonchev–Trinajstić information content (AvgIpc) is 2.62. The Bertz CT molecular complexity index is 422. The third-order valence-electron chi connectivity index (χ3n) is 2.57. The third kappa shape index (κ3) is 2.87. The van der Waals surface area contributed by atoms with Crippen molar-refractivity contribution in [1.29, 1.82) is 0 Å². The van der Waals surface area contributed by atoms with Crippen LogP contribution in [-0.2, 0) is 4.79 Å². The molecule has 1 aromatic rings. The Morgan fingerprint density at radius 2 is 1.94 bits per heavy atom. The number of carboxylic acids is 1. The van der Waals surface area contributed by atoms with E-state index < -0.39 is 17.9 Å². The summed E-state index contributed by atoms with van der Waals surface area (Å²) in [5, 5.41) is 9.09. The summed E-state index contributed by atoms with van der Waals surface area (Å²) in [6.07, 6.45) is 0. The number of nitrogens with zero attached hydrogens (tertiary/aromatic N) is 1. The Balaban J connectivity index is 2.91. The Kier molecular flexibility index (Phi) is 3.93. The highest BCUT2D eigenvalue weighted by molar-refractivity contribution is 5.94. The molecule has 0 saturated carbocycles. The topological polar surface area (TPSA) is 70.8 Å². The first kappa shape index (κ1) is 13.3. The highest BCUT2D eigenvalue weighted by Crippen LogP contribution is 2.15.